The van der Waals surface area contributed by atoms with Crippen molar-refractivity contribution in [2.24, 2.45) is 5.92 Å². The van der Waals surface area contributed by atoms with E-state index in [1.807, 2.05) is 0 Å². The van der Waals surface area contributed by atoms with Crippen LogP contribution in [-0.2, 0) is 0 Å². The molecule has 0 aromatic carbocycles. The summed E-state index contributed by atoms with van der Waals surface area (Å²) in [4.78, 5) is 2.60. The van der Waals surface area contributed by atoms with Gasteiger partial charge in [-0.15, -0.1) is 0 Å². The molecule has 0 rings (SSSR count). The second-order valence-corrected chi connectivity index (χ2v) is 5.32. The van der Waals surface area contributed by atoms with Gasteiger partial charge < -0.3 is 4.90 Å². The van der Waals surface area contributed by atoms with Gasteiger partial charge in [0.2, 0.25) is 0 Å². The van der Waals surface area contributed by atoms with E-state index in [1.165, 1.54) is 32.4 Å². The molecule has 0 amide bonds. The van der Waals surface area contributed by atoms with Crippen LogP contribution in [0.1, 0.15) is 47.0 Å². The molecule has 1 atom stereocenters. The van der Waals surface area contributed by atoms with Crippen LogP contribution in [0, 0.1) is 5.92 Å². The highest BCUT2D eigenvalue weighted by Gasteiger charge is 2.12. The van der Waals surface area contributed by atoms with E-state index in [1.54, 1.807) is 0 Å². The van der Waals surface area contributed by atoms with Gasteiger partial charge in [-0.05, 0) is 39.2 Å². The molecule has 1 nitrogen and oxygen atoms in total. The van der Waals surface area contributed by atoms with Crippen LogP contribution in [0.15, 0.2) is 0 Å². The van der Waals surface area contributed by atoms with Gasteiger partial charge in [-0.3, -0.25) is 0 Å². The van der Waals surface area contributed by atoms with Crippen molar-refractivity contribution in [2.75, 3.05) is 18.4 Å². The van der Waals surface area contributed by atoms with Crippen molar-refractivity contribution in [3.63, 3.8) is 0 Å². The Balaban J connectivity index is 3.82. The van der Waals surface area contributed by atoms with Crippen LogP contribution in [0.4, 0.5) is 0 Å². The van der Waals surface area contributed by atoms with Crippen molar-refractivity contribution in [3.8, 4) is 0 Å². The first-order chi connectivity index (χ1) is 6.61. The van der Waals surface area contributed by atoms with Crippen molar-refractivity contribution in [1.29, 1.82) is 0 Å². The second-order valence-electron chi connectivity index (χ2n) is 4.53. The lowest BCUT2D eigenvalue weighted by atomic mass is 10.0. The summed E-state index contributed by atoms with van der Waals surface area (Å²) in [6, 6.07) is 0.688. The molecule has 0 radical (unpaired) electrons. The zero-order chi connectivity index (χ0) is 11.0. The summed E-state index contributed by atoms with van der Waals surface area (Å²) in [7, 11) is 0. The number of nitrogens with zero attached hydrogens (tertiary/aromatic N) is 1. The monoisotopic (exact) mass is 263 g/mol. The maximum absolute atomic E-state index is 3.50. The first-order valence-corrected chi connectivity index (χ1v) is 7.04. The second kappa shape index (κ2) is 8.72. The van der Waals surface area contributed by atoms with Crippen LogP contribution in [0.5, 0.6) is 0 Å². The average Bonchev–Trinajstić information content (AvgIpc) is 2.12. The molecule has 0 aliphatic heterocycles. The predicted molar refractivity (Wildman–Crippen MR) is 69.2 cm³/mol. The third kappa shape index (κ3) is 6.83. The zero-order valence-corrected chi connectivity index (χ0v) is 11.8. The minimum Gasteiger partial charge on any atom is -0.301 e. The molecule has 0 saturated carbocycles. The predicted octanol–water partition coefficient (Wildman–Crippen LogP) is 3.92. The fraction of sp³-hybridized carbons (Fsp3) is 1.00. The van der Waals surface area contributed by atoms with Crippen LogP contribution in [0.2, 0.25) is 0 Å². The van der Waals surface area contributed by atoms with Gasteiger partial charge in [-0.25, -0.2) is 0 Å². The maximum atomic E-state index is 3.50. The van der Waals surface area contributed by atoms with E-state index in [4.69, 9.17) is 0 Å². The molecule has 0 fully saturated rings. The average molecular weight is 264 g/mol. The van der Waals surface area contributed by atoms with Gasteiger partial charge >= 0.3 is 0 Å². The molecule has 0 N–H and O–H groups in total. The van der Waals surface area contributed by atoms with Gasteiger partial charge in [0.15, 0.2) is 0 Å². The Kier molecular flexibility index (Phi) is 9.00. The fourth-order valence-corrected chi connectivity index (χ4v) is 2.06. The van der Waals surface area contributed by atoms with Crippen LogP contribution in [0.3, 0.4) is 0 Å². The number of halogens is 1. The molecule has 0 bridgehead atoms. The summed E-state index contributed by atoms with van der Waals surface area (Å²) in [5.74, 6) is 0.845. The van der Waals surface area contributed by atoms with Crippen molar-refractivity contribution >= 4 is 15.9 Å². The van der Waals surface area contributed by atoms with Gasteiger partial charge in [0, 0.05) is 17.9 Å². The summed E-state index contributed by atoms with van der Waals surface area (Å²) < 4.78 is 0. The molecule has 14 heavy (non-hydrogen) atoms. The fourth-order valence-electron chi connectivity index (χ4n) is 1.81. The van der Waals surface area contributed by atoms with E-state index in [9.17, 15) is 0 Å². The minimum atomic E-state index is 0.688. The van der Waals surface area contributed by atoms with Crippen molar-refractivity contribution < 1.29 is 0 Å². The SMILES string of the molecule is CCCC(C)CN(CCCBr)C(C)C. The Hall–Kier alpha value is 0.440. The first-order valence-electron chi connectivity index (χ1n) is 5.91. The van der Waals surface area contributed by atoms with Crippen molar-refractivity contribution in [1.82, 2.24) is 4.90 Å². The quantitative estimate of drug-likeness (QED) is 0.601. The summed E-state index contributed by atoms with van der Waals surface area (Å²) in [6.45, 7) is 11.7. The molecule has 0 aromatic heterocycles. The molecule has 0 heterocycles. The van der Waals surface area contributed by atoms with E-state index < -0.39 is 0 Å². The minimum absolute atomic E-state index is 0.688. The number of rotatable bonds is 8. The van der Waals surface area contributed by atoms with Crippen molar-refractivity contribution in [2.45, 2.75) is 53.0 Å². The Morgan fingerprint density at radius 3 is 2.29 bits per heavy atom. The molecule has 0 aromatic rings. The topological polar surface area (TPSA) is 3.24 Å². The maximum Gasteiger partial charge on any atom is 0.00434 e. The van der Waals surface area contributed by atoms with Crippen molar-refractivity contribution in [3.05, 3.63) is 0 Å². The van der Waals surface area contributed by atoms with Gasteiger partial charge in [0.1, 0.15) is 0 Å². The highest BCUT2D eigenvalue weighted by molar-refractivity contribution is 9.09. The standard InChI is InChI=1S/C12H26BrN/c1-5-7-12(4)10-14(11(2)3)9-6-8-13/h11-12H,5-10H2,1-4H3. The Bertz CT molecular complexity index is 125. The Labute approximate surface area is 98.4 Å². The Morgan fingerprint density at radius 1 is 1.21 bits per heavy atom. The summed E-state index contributed by atoms with van der Waals surface area (Å²) in [6.07, 6.45) is 3.93. The van der Waals surface area contributed by atoms with Crippen LogP contribution < -0.4 is 0 Å². The summed E-state index contributed by atoms with van der Waals surface area (Å²) in [5, 5.41) is 1.12. The largest absolute Gasteiger partial charge is 0.301 e. The third-order valence-electron chi connectivity index (χ3n) is 2.64. The number of hydrogen-bond donors (Lipinski definition) is 0. The van der Waals surface area contributed by atoms with Crippen LogP contribution in [-0.4, -0.2) is 29.4 Å². The molecule has 2 heteroatoms. The van der Waals surface area contributed by atoms with E-state index >= 15 is 0 Å². The highest BCUT2D eigenvalue weighted by atomic mass is 79.9. The third-order valence-corrected chi connectivity index (χ3v) is 3.20. The first kappa shape index (κ1) is 14.4. The van der Waals surface area contributed by atoms with Gasteiger partial charge in [-0.2, -0.15) is 0 Å². The Morgan fingerprint density at radius 2 is 1.86 bits per heavy atom. The van der Waals surface area contributed by atoms with Gasteiger partial charge in [0.25, 0.3) is 0 Å². The van der Waals surface area contributed by atoms with Crippen LogP contribution >= 0.6 is 15.9 Å². The van der Waals surface area contributed by atoms with Gasteiger partial charge in [-0.1, -0.05) is 36.2 Å². The molecule has 0 spiro atoms. The smallest absolute Gasteiger partial charge is 0.00434 e. The zero-order valence-electron chi connectivity index (χ0n) is 10.2. The lowest BCUT2D eigenvalue weighted by molar-refractivity contribution is 0.189. The molecule has 1 unspecified atom stereocenters. The molecule has 0 aliphatic rings. The van der Waals surface area contributed by atoms with E-state index in [0.29, 0.717) is 6.04 Å². The highest BCUT2D eigenvalue weighted by Crippen LogP contribution is 2.10. The van der Waals surface area contributed by atoms with Gasteiger partial charge in [0.05, 0.1) is 0 Å². The van der Waals surface area contributed by atoms with E-state index in [2.05, 4.69) is 48.5 Å². The van der Waals surface area contributed by atoms with Crippen LogP contribution in [0.25, 0.3) is 0 Å². The normalized spacial score (nSPS) is 13.9. The molecular weight excluding hydrogens is 238 g/mol. The van der Waals surface area contributed by atoms with E-state index in [0.717, 1.165) is 11.2 Å². The lowest BCUT2D eigenvalue weighted by Gasteiger charge is -2.29. The lowest BCUT2D eigenvalue weighted by Crippen LogP contribution is -2.35. The number of alkyl halides is 1. The molecule has 0 saturated heterocycles. The molecule has 0 aliphatic carbocycles. The summed E-state index contributed by atoms with van der Waals surface area (Å²) in [5.41, 5.74) is 0. The number of hydrogen-bond acceptors (Lipinski definition) is 1. The summed E-state index contributed by atoms with van der Waals surface area (Å²) >= 11 is 3.50. The molecular formula is C12H26BrN. The molecule has 86 valence electrons. The van der Waals surface area contributed by atoms with E-state index in [-0.39, 0.29) is 0 Å².